The maximum atomic E-state index is 5.42. The smallest absolute Gasteiger partial charge is 0.0779 e. The molecular formula is C17H33NS. The van der Waals surface area contributed by atoms with Gasteiger partial charge in [-0.1, -0.05) is 76.9 Å². The highest BCUT2D eigenvalue weighted by molar-refractivity contribution is 7.80. The Bertz CT molecular complexity index is 227. The van der Waals surface area contributed by atoms with E-state index in [9.17, 15) is 0 Å². The lowest BCUT2D eigenvalue weighted by Crippen LogP contribution is -2.34. The highest BCUT2D eigenvalue weighted by Crippen LogP contribution is 2.14. The predicted octanol–water partition coefficient (Wildman–Crippen LogP) is 5.72. The molecule has 0 aromatic rings. The van der Waals surface area contributed by atoms with Crippen LogP contribution in [0.3, 0.4) is 0 Å². The topological polar surface area (TPSA) is 3.24 Å². The molecule has 0 unspecified atom stereocenters. The minimum absolute atomic E-state index is 1.16. The SMILES string of the molecule is CCCCCCCCCCCCN1CCCCC1=S. The molecule has 0 bridgehead atoms. The maximum absolute atomic E-state index is 5.42. The molecule has 1 nitrogen and oxygen atoms in total. The molecule has 1 fully saturated rings. The molecule has 1 aliphatic rings. The Hall–Kier alpha value is -0.110. The second-order valence-electron chi connectivity index (χ2n) is 6.02. The van der Waals surface area contributed by atoms with Gasteiger partial charge in [0.05, 0.1) is 4.99 Å². The number of nitrogens with zero attached hydrogens (tertiary/aromatic N) is 1. The molecule has 0 aromatic carbocycles. The molecule has 112 valence electrons. The molecule has 0 aromatic heterocycles. The Morgan fingerprint density at radius 1 is 0.842 bits per heavy atom. The van der Waals surface area contributed by atoms with Crippen LogP contribution in [0, 0.1) is 0 Å². The van der Waals surface area contributed by atoms with Crippen LogP contribution in [0.4, 0.5) is 0 Å². The summed E-state index contributed by atoms with van der Waals surface area (Å²) in [6.07, 6.45) is 18.0. The van der Waals surface area contributed by atoms with E-state index in [-0.39, 0.29) is 0 Å². The summed E-state index contributed by atoms with van der Waals surface area (Å²) in [6, 6.07) is 0. The Labute approximate surface area is 126 Å². The minimum atomic E-state index is 1.16. The van der Waals surface area contributed by atoms with Gasteiger partial charge in [-0.25, -0.2) is 0 Å². The van der Waals surface area contributed by atoms with Crippen molar-refractivity contribution in [3.63, 3.8) is 0 Å². The van der Waals surface area contributed by atoms with Gasteiger partial charge in [0.1, 0.15) is 0 Å². The van der Waals surface area contributed by atoms with Crippen molar-refractivity contribution in [1.82, 2.24) is 4.90 Å². The van der Waals surface area contributed by atoms with E-state index in [4.69, 9.17) is 12.2 Å². The van der Waals surface area contributed by atoms with Crippen LogP contribution in [0.1, 0.15) is 90.4 Å². The molecule has 0 aliphatic carbocycles. The van der Waals surface area contributed by atoms with Gasteiger partial charge < -0.3 is 4.90 Å². The molecule has 0 amide bonds. The van der Waals surface area contributed by atoms with Gasteiger partial charge in [0.15, 0.2) is 0 Å². The molecule has 0 radical (unpaired) electrons. The van der Waals surface area contributed by atoms with Crippen molar-refractivity contribution in [2.45, 2.75) is 90.4 Å². The number of hydrogen-bond donors (Lipinski definition) is 0. The summed E-state index contributed by atoms with van der Waals surface area (Å²) in [5.74, 6) is 0. The summed E-state index contributed by atoms with van der Waals surface area (Å²) in [5.41, 5.74) is 0. The van der Waals surface area contributed by atoms with Crippen LogP contribution in [0.25, 0.3) is 0 Å². The number of piperidine rings is 1. The van der Waals surface area contributed by atoms with E-state index in [1.165, 1.54) is 95.1 Å². The third-order valence-electron chi connectivity index (χ3n) is 4.20. The Morgan fingerprint density at radius 3 is 2.00 bits per heavy atom. The third kappa shape index (κ3) is 8.62. The standard InChI is InChI=1S/C17H33NS/c1-2-3-4-5-6-7-8-9-10-12-15-18-16-13-11-14-17(18)19/h2-16H2,1H3. The van der Waals surface area contributed by atoms with Gasteiger partial charge in [-0.2, -0.15) is 0 Å². The molecule has 0 saturated carbocycles. The largest absolute Gasteiger partial charge is 0.366 e. The van der Waals surface area contributed by atoms with Crippen molar-refractivity contribution >= 4 is 17.2 Å². The first kappa shape index (κ1) is 16.9. The second-order valence-corrected chi connectivity index (χ2v) is 6.49. The van der Waals surface area contributed by atoms with Gasteiger partial charge in [0.2, 0.25) is 0 Å². The second kappa shape index (κ2) is 11.7. The van der Waals surface area contributed by atoms with Crippen LogP contribution in [0.5, 0.6) is 0 Å². The summed E-state index contributed by atoms with van der Waals surface area (Å²) in [7, 11) is 0. The number of likely N-dealkylation sites (tertiary alicyclic amines) is 1. The van der Waals surface area contributed by atoms with Gasteiger partial charge in [-0.05, 0) is 25.7 Å². The molecule has 19 heavy (non-hydrogen) atoms. The Balaban J connectivity index is 1.82. The molecule has 2 heteroatoms. The monoisotopic (exact) mass is 283 g/mol. The van der Waals surface area contributed by atoms with Crippen molar-refractivity contribution in [3.05, 3.63) is 0 Å². The van der Waals surface area contributed by atoms with Gasteiger partial charge in [-0.3, -0.25) is 0 Å². The number of rotatable bonds is 11. The van der Waals surface area contributed by atoms with Crippen molar-refractivity contribution < 1.29 is 0 Å². The minimum Gasteiger partial charge on any atom is -0.366 e. The van der Waals surface area contributed by atoms with Crippen molar-refractivity contribution in [2.24, 2.45) is 0 Å². The average Bonchev–Trinajstić information content (AvgIpc) is 2.43. The van der Waals surface area contributed by atoms with Gasteiger partial charge in [-0.15, -0.1) is 0 Å². The summed E-state index contributed by atoms with van der Waals surface area (Å²) < 4.78 is 0. The lowest BCUT2D eigenvalue weighted by atomic mass is 10.1. The van der Waals surface area contributed by atoms with E-state index in [2.05, 4.69) is 11.8 Å². The first-order valence-corrected chi connectivity index (χ1v) is 9.03. The van der Waals surface area contributed by atoms with Crippen LogP contribution in [-0.2, 0) is 0 Å². The van der Waals surface area contributed by atoms with E-state index in [1.807, 2.05) is 0 Å². The highest BCUT2D eigenvalue weighted by Gasteiger charge is 2.13. The fourth-order valence-corrected chi connectivity index (χ4v) is 3.22. The number of unbranched alkanes of at least 4 members (excludes halogenated alkanes) is 9. The molecule has 0 N–H and O–H groups in total. The summed E-state index contributed by atoms with van der Waals surface area (Å²) in [4.78, 5) is 3.67. The Morgan fingerprint density at radius 2 is 1.42 bits per heavy atom. The molecule has 0 atom stereocenters. The summed E-state index contributed by atoms with van der Waals surface area (Å²) in [6.45, 7) is 4.72. The quantitative estimate of drug-likeness (QED) is 0.352. The summed E-state index contributed by atoms with van der Waals surface area (Å²) in [5, 5.41) is 0. The van der Waals surface area contributed by atoms with Crippen molar-refractivity contribution in [1.29, 1.82) is 0 Å². The molecule has 1 rings (SSSR count). The van der Waals surface area contributed by atoms with E-state index >= 15 is 0 Å². The lowest BCUT2D eigenvalue weighted by Gasteiger charge is -2.29. The van der Waals surface area contributed by atoms with Crippen LogP contribution in [0.15, 0.2) is 0 Å². The van der Waals surface area contributed by atoms with Gasteiger partial charge >= 0.3 is 0 Å². The zero-order valence-corrected chi connectivity index (χ0v) is 13.8. The molecule has 1 heterocycles. The lowest BCUT2D eigenvalue weighted by molar-refractivity contribution is 0.365. The summed E-state index contributed by atoms with van der Waals surface area (Å²) >= 11 is 5.42. The first-order chi connectivity index (χ1) is 9.34. The number of thiocarbonyl (C=S) groups is 1. The molecular weight excluding hydrogens is 250 g/mol. The zero-order chi connectivity index (χ0) is 13.8. The van der Waals surface area contributed by atoms with Crippen LogP contribution >= 0.6 is 12.2 Å². The molecule has 1 aliphatic heterocycles. The fourth-order valence-electron chi connectivity index (χ4n) is 2.89. The van der Waals surface area contributed by atoms with Gasteiger partial charge in [0.25, 0.3) is 0 Å². The fraction of sp³-hybridized carbons (Fsp3) is 0.941. The zero-order valence-electron chi connectivity index (χ0n) is 13.0. The van der Waals surface area contributed by atoms with Crippen LogP contribution < -0.4 is 0 Å². The maximum Gasteiger partial charge on any atom is 0.0779 e. The average molecular weight is 284 g/mol. The number of hydrogen-bond acceptors (Lipinski definition) is 1. The Kier molecular flexibility index (Phi) is 10.4. The van der Waals surface area contributed by atoms with Gasteiger partial charge in [0, 0.05) is 13.1 Å². The van der Waals surface area contributed by atoms with Crippen LogP contribution in [0.2, 0.25) is 0 Å². The normalized spacial score (nSPS) is 16.1. The van der Waals surface area contributed by atoms with E-state index in [0.29, 0.717) is 0 Å². The highest BCUT2D eigenvalue weighted by atomic mass is 32.1. The molecule has 0 spiro atoms. The van der Waals surface area contributed by atoms with E-state index in [1.54, 1.807) is 0 Å². The van der Waals surface area contributed by atoms with Crippen molar-refractivity contribution in [3.8, 4) is 0 Å². The molecule has 1 saturated heterocycles. The first-order valence-electron chi connectivity index (χ1n) is 8.62. The predicted molar refractivity (Wildman–Crippen MR) is 89.9 cm³/mol. The third-order valence-corrected chi connectivity index (χ3v) is 4.67. The van der Waals surface area contributed by atoms with Crippen molar-refractivity contribution in [2.75, 3.05) is 13.1 Å². The van der Waals surface area contributed by atoms with Crippen LogP contribution in [-0.4, -0.2) is 23.0 Å². The van der Waals surface area contributed by atoms with E-state index < -0.39 is 0 Å². The van der Waals surface area contributed by atoms with E-state index in [0.717, 1.165) is 6.42 Å².